The zero-order chi connectivity index (χ0) is 14.5. The molecule has 1 atom stereocenters. The molecule has 0 saturated carbocycles. The molecule has 1 rings (SSSR count). The highest BCUT2D eigenvalue weighted by Crippen LogP contribution is 2.12. The van der Waals surface area contributed by atoms with Crippen LogP contribution in [0.3, 0.4) is 0 Å². The van der Waals surface area contributed by atoms with Crippen molar-refractivity contribution in [1.82, 2.24) is 0 Å². The second-order valence-electron chi connectivity index (χ2n) is 4.56. The van der Waals surface area contributed by atoms with Gasteiger partial charge < -0.3 is 9.84 Å². The van der Waals surface area contributed by atoms with E-state index in [0.717, 1.165) is 19.3 Å². The maximum Gasteiger partial charge on any atom is 0.0720 e. The molecule has 2 nitrogen and oxygen atoms in total. The number of hydrogen-bond donors (Lipinski definition) is 1. The minimum atomic E-state index is 0.0869. The molecular weight excluding hydrogens is 248 g/mol. The minimum absolute atomic E-state index is 0.0869. The highest BCUT2D eigenvalue weighted by molar-refractivity contribution is 5.13. The van der Waals surface area contributed by atoms with Crippen LogP contribution < -0.4 is 0 Å². The lowest BCUT2D eigenvalue weighted by atomic mass is 10.1. The summed E-state index contributed by atoms with van der Waals surface area (Å²) in [6.45, 7) is 4.52. The van der Waals surface area contributed by atoms with Crippen molar-refractivity contribution in [2.24, 2.45) is 0 Å². The van der Waals surface area contributed by atoms with Crippen molar-refractivity contribution in [3.8, 4) is 0 Å². The van der Waals surface area contributed by atoms with Crippen molar-refractivity contribution in [2.75, 3.05) is 6.61 Å². The normalized spacial score (nSPS) is 13.1. The fourth-order valence-corrected chi connectivity index (χ4v) is 1.84. The van der Waals surface area contributed by atoms with Crippen LogP contribution in [0, 0.1) is 0 Å². The van der Waals surface area contributed by atoms with Crippen LogP contribution in [0.4, 0.5) is 0 Å². The monoisotopic (exact) mass is 272 g/mol. The van der Waals surface area contributed by atoms with E-state index in [2.05, 4.69) is 24.8 Å². The van der Waals surface area contributed by atoms with Crippen LogP contribution in [-0.4, -0.2) is 17.8 Å². The first kappa shape index (κ1) is 16.4. The molecule has 1 aromatic rings. The SMILES string of the molecule is C=CCC(CC/C=C/C=C/CO)OCc1ccccc1. The molecule has 0 heterocycles. The summed E-state index contributed by atoms with van der Waals surface area (Å²) >= 11 is 0. The van der Waals surface area contributed by atoms with Crippen molar-refractivity contribution in [2.45, 2.75) is 32.0 Å². The Bertz CT molecular complexity index is 407. The van der Waals surface area contributed by atoms with Gasteiger partial charge >= 0.3 is 0 Å². The van der Waals surface area contributed by atoms with Gasteiger partial charge in [-0.3, -0.25) is 0 Å². The fraction of sp³-hybridized carbons (Fsp3) is 0.333. The standard InChI is InChI=1S/C18H24O2/c1-2-11-18(14-9-4-3-5-10-15-19)20-16-17-12-7-6-8-13-17/h2-8,10,12-13,18-19H,1,9,11,14-16H2/b4-3+,10-5+. The Balaban J connectivity index is 2.31. The summed E-state index contributed by atoms with van der Waals surface area (Å²) in [5.74, 6) is 0. The first-order valence-electron chi connectivity index (χ1n) is 7.05. The molecule has 0 saturated heterocycles. The summed E-state index contributed by atoms with van der Waals surface area (Å²) < 4.78 is 5.93. The molecule has 0 amide bonds. The number of hydrogen-bond acceptors (Lipinski definition) is 2. The quantitative estimate of drug-likeness (QED) is 0.514. The summed E-state index contributed by atoms with van der Waals surface area (Å²) in [6, 6.07) is 10.2. The van der Waals surface area contributed by atoms with Gasteiger partial charge in [-0.25, -0.2) is 0 Å². The Kier molecular flexibility index (Phi) is 9.20. The molecule has 2 heteroatoms. The molecule has 1 unspecified atom stereocenters. The first-order valence-corrected chi connectivity index (χ1v) is 7.05. The van der Waals surface area contributed by atoms with Gasteiger partial charge in [-0.1, -0.05) is 60.7 Å². The van der Waals surface area contributed by atoms with Gasteiger partial charge in [0, 0.05) is 0 Å². The lowest BCUT2D eigenvalue weighted by molar-refractivity contribution is 0.0377. The van der Waals surface area contributed by atoms with E-state index in [1.54, 1.807) is 6.08 Å². The van der Waals surface area contributed by atoms with Crippen LogP contribution in [0.25, 0.3) is 0 Å². The topological polar surface area (TPSA) is 29.5 Å². The van der Waals surface area contributed by atoms with Gasteiger partial charge in [0.1, 0.15) is 0 Å². The van der Waals surface area contributed by atoms with Gasteiger partial charge in [0.25, 0.3) is 0 Å². The van der Waals surface area contributed by atoms with Crippen LogP contribution in [0.1, 0.15) is 24.8 Å². The molecule has 20 heavy (non-hydrogen) atoms. The second kappa shape index (κ2) is 11.2. The van der Waals surface area contributed by atoms with Gasteiger partial charge in [0.15, 0.2) is 0 Å². The number of aliphatic hydroxyl groups excluding tert-OH is 1. The second-order valence-corrected chi connectivity index (χ2v) is 4.56. The summed E-state index contributed by atoms with van der Waals surface area (Å²) in [5, 5.41) is 8.61. The molecule has 0 fully saturated rings. The molecular formula is C18H24O2. The van der Waals surface area contributed by atoms with Gasteiger partial charge in [-0.05, 0) is 24.8 Å². The largest absolute Gasteiger partial charge is 0.392 e. The molecule has 1 N–H and O–H groups in total. The van der Waals surface area contributed by atoms with E-state index < -0.39 is 0 Å². The Morgan fingerprint density at radius 2 is 1.90 bits per heavy atom. The van der Waals surface area contributed by atoms with E-state index in [4.69, 9.17) is 9.84 Å². The maximum atomic E-state index is 8.61. The number of ether oxygens (including phenoxy) is 1. The van der Waals surface area contributed by atoms with E-state index >= 15 is 0 Å². The third kappa shape index (κ3) is 7.72. The van der Waals surface area contributed by atoms with Crippen molar-refractivity contribution in [3.63, 3.8) is 0 Å². The summed E-state index contributed by atoms with van der Waals surface area (Å²) in [5.41, 5.74) is 1.20. The Labute approximate surface area is 122 Å². The van der Waals surface area contributed by atoms with Crippen LogP contribution in [-0.2, 0) is 11.3 Å². The Morgan fingerprint density at radius 3 is 2.60 bits per heavy atom. The lowest BCUT2D eigenvalue weighted by Crippen LogP contribution is -2.11. The molecule has 1 aromatic carbocycles. The third-order valence-electron chi connectivity index (χ3n) is 2.90. The van der Waals surface area contributed by atoms with E-state index in [0.29, 0.717) is 6.61 Å². The van der Waals surface area contributed by atoms with Crippen LogP contribution in [0.15, 0.2) is 67.3 Å². The first-order chi connectivity index (χ1) is 9.86. The number of allylic oxidation sites excluding steroid dienone is 3. The summed E-state index contributed by atoms with van der Waals surface area (Å²) in [7, 11) is 0. The molecule has 0 aliphatic heterocycles. The van der Waals surface area contributed by atoms with E-state index in [-0.39, 0.29) is 12.7 Å². The predicted molar refractivity (Wildman–Crippen MR) is 84.4 cm³/mol. The Hall–Kier alpha value is -1.64. The highest BCUT2D eigenvalue weighted by Gasteiger charge is 2.06. The van der Waals surface area contributed by atoms with E-state index in [9.17, 15) is 0 Å². The lowest BCUT2D eigenvalue weighted by Gasteiger charge is -2.15. The fourth-order valence-electron chi connectivity index (χ4n) is 1.84. The molecule has 0 aromatic heterocycles. The maximum absolute atomic E-state index is 8.61. The van der Waals surface area contributed by atoms with Crippen molar-refractivity contribution in [1.29, 1.82) is 0 Å². The van der Waals surface area contributed by atoms with Crippen molar-refractivity contribution in [3.05, 3.63) is 72.9 Å². The van der Waals surface area contributed by atoms with E-state index in [1.807, 2.05) is 36.4 Å². The van der Waals surface area contributed by atoms with Crippen LogP contribution in [0.2, 0.25) is 0 Å². The minimum Gasteiger partial charge on any atom is -0.392 e. The Morgan fingerprint density at radius 1 is 1.15 bits per heavy atom. The molecule has 108 valence electrons. The smallest absolute Gasteiger partial charge is 0.0720 e. The van der Waals surface area contributed by atoms with Gasteiger partial charge in [0.05, 0.1) is 19.3 Å². The summed E-state index contributed by atoms with van der Waals surface area (Å²) in [6.07, 6.45) is 12.5. The average Bonchev–Trinajstić information content (AvgIpc) is 2.49. The van der Waals surface area contributed by atoms with Gasteiger partial charge in [-0.2, -0.15) is 0 Å². The van der Waals surface area contributed by atoms with Crippen LogP contribution >= 0.6 is 0 Å². The molecule has 0 aliphatic carbocycles. The number of aliphatic hydroxyl groups is 1. The predicted octanol–water partition coefficient (Wildman–Crippen LogP) is 4.03. The van der Waals surface area contributed by atoms with E-state index in [1.165, 1.54) is 5.56 Å². The molecule has 0 radical (unpaired) electrons. The van der Waals surface area contributed by atoms with Crippen molar-refractivity contribution < 1.29 is 9.84 Å². The zero-order valence-corrected chi connectivity index (χ0v) is 11.9. The molecule has 0 spiro atoms. The number of rotatable bonds is 10. The van der Waals surface area contributed by atoms with Crippen molar-refractivity contribution >= 4 is 0 Å². The molecule has 0 aliphatic rings. The zero-order valence-electron chi connectivity index (χ0n) is 11.9. The summed E-state index contributed by atoms with van der Waals surface area (Å²) in [4.78, 5) is 0. The van der Waals surface area contributed by atoms with Gasteiger partial charge in [-0.15, -0.1) is 6.58 Å². The highest BCUT2D eigenvalue weighted by atomic mass is 16.5. The third-order valence-corrected chi connectivity index (χ3v) is 2.90. The molecule has 0 bridgehead atoms. The number of benzene rings is 1. The van der Waals surface area contributed by atoms with Gasteiger partial charge in [0.2, 0.25) is 0 Å². The average molecular weight is 272 g/mol. The van der Waals surface area contributed by atoms with Crippen LogP contribution in [0.5, 0.6) is 0 Å².